The summed E-state index contributed by atoms with van der Waals surface area (Å²) in [6.07, 6.45) is -4.80. The number of ether oxygens (including phenoxy) is 2. The van der Waals surface area contributed by atoms with Crippen molar-refractivity contribution in [3.05, 3.63) is 64.2 Å². The highest BCUT2D eigenvalue weighted by Crippen LogP contribution is 2.34. The molecular formula is C21H26ClNO5. The monoisotopic (exact) mass is 407 g/mol. The summed E-state index contributed by atoms with van der Waals surface area (Å²) in [5.74, 6) is 0.810. The van der Waals surface area contributed by atoms with Crippen LogP contribution >= 0.6 is 11.6 Å². The number of aliphatic hydroxyl groups is 3. The van der Waals surface area contributed by atoms with Crippen molar-refractivity contribution in [2.75, 3.05) is 13.2 Å². The van der Waals surface area contributed by atoms with Gasteiger partial charge >= 0.3 is 0 Å². The predicted octanol–water partition coefficient (Wildman–Crippen LogP) is 1.81. The third-order valence-corrected chi connectivity index (χ3v) is 5.34. The second kappa shape index (κ2) is 9.22. The molecular weight excluding hydrogens is 382 g/mol. The average Bonchev–Trinajstić information content (AvgIpc) is 2.70. The number of halogens is 1. The van der Waals surface area contributed by atoms with E-state index in [1.165, 1.54) is 0 Å². The molecule has 28 heavy (non-hydrogen) atoms. The number of hydrogen-bond acceptors (Lipinski definition) is 6. The first-order chi connectivity index (χ1) is 13.4. The molecule has 0 saturated carbocycles. The SMILES string of the molecule is CCOc1ccc(Cc2cc(C3OC(CN)C(O)C(O)C3O)ccc2Cl)cc1. The van der Waals surface area contributed by atoms with Gasteiger partial charge in [-0.15, -0.1) is 0 Å². The van der Waals surface area contributed by atoms with E-state index in [9.17, 15) is 15.3 Å². The lowest BCUT2D eigenvalue weighted by Crippen LogP contribution is -2.56. The molecule has 3 rings (SSSR count). The number of hydrogen-bond donors (Lipinski definition) is 4. The Kier molecular flexibility index (Phi) is 6.93. The summed E-state index contributed by atoms with van der Waals surface area (Å²) in [7, 11) is 0. The Labute approximate surface area is 169 Å². The van der Waals surface area contributed by atoms with Crippen molar-refractivity contribution in [3.8, 4) is 5.75 Å². The largest absolute Gasteiger partial charge is 0.494 e. The van der Waals surface area contributed by atoms with Gasteiger partial charge in [-0.3, -0.25) is 0 Å². The molecule has 0 aromatic heterocycles. The maximum atomic E-state index is 10.4. The lowest BCUT2D eigenvalue weighted by atomic mass is 9.90. The topological polar surface area (TPSA) is 105 Å². The fourth-order valence-corrected chi connectivity index (χ4v) is 3.60. The van der Waals surface area contributed by atoms with Gasteiger partial charge in [-0.2, -0.15) is 0 Å². The van der Waals surface area contributed by atoms with E-state index in [0.29, 0.717) is 23.6 Å². The Morgan fingerprint density at radius 1 is 1.04 bits per heavy atom. The van der Waals surface area contributed by atoms with Crippen molar-refractivity contribution in [2.45, 2.75) is 43.9 Å². The van der Waals surface area contributed by atoms with Crippen molar-refractivity contribution < 1.29 is 24.8 Å². The Morgan fingerprint density at radius 2 is 1.75 bits per heavy atom. The van der Waals surface area contributed by atoms with Gasteiger partial charge in [0.1, 0.15) is 30.2 Å². The van der Waals surface area contributed by atoms with Crippen LogP contribution in [0.4, 0.5) is 0 Å². The van der Waals surface area contributed by atoms with Crippen LogP contribution in [-0.4, -0.2) is 52.9 Å². The Hall–Kier alpha value is -1.67. The smallest absolute Gasteiger partial charge is 0.119 e. The van der Waals surface area contributed by atoms with Crippen LogP contribution in [0.5, 0.6) is 5.75 Å². The van der Waals surface area contributed by atoms with Gasteiger partial charge in [-0.25, -0.2) is 0 Å². The van der Waals surface area contributed by atoms with E-state index in [1.54, 1.807) is 12.1 Å². The minimum Gasteiger partial charge on any atom is -0.494 e. The Balaban J connectivity index is 1.82. The molecule has 7 heteroatoms. The summed E-state index contributed by atoms with van der Waals surface area (Å²) < 4.78 is 11.2. The van der Waals surface area contributed by atoms with Gasteiger partial charge in [0.2, 0.25) is 0 Å². The maximum Gasteiger partial charge on any atom is 0.119 e. The molecule has 2 aromatic carbocycles. The van der Waals surface area contributed by atoms with Gasteiger partial charge < -0.3 is 30.5 Å². The molecule has 5 unspecified atom stereocenters. The van der Waals surface area contributed by atoms with Crippen LogP contribution in [0.15, 0.2) is 42.5 Å². The molecule has 1 aliphatic rings. The van der Waals surface area contributed by atoms with Crippen molar-refractivity contribution in [1.29, 1.82) is 0 Å². The van der Waals surface area contributed by atoms with E-state index in [1.807, 2.05) is 37.3 Å². The van der Waals surface area contributed by atoms with E-state index in [2.05, 4.69) is 0 Å². The van der Waals surface area contributed by atoms with E-state index >= 15 is 0 Å². The summed E-state index contributed by atoms with van der Waals surface area (Å²) in [6.45, 7) is 2.58. The van der Waals surface area contributed by atoms with E-state index in [0.717, 1.165) is 16.9 Å². The lowest BCUT2D eigenvalue weighted by molar-refractivity contribution is -0.221. The summed E-state index contributed by atoms with van der Waals surface area (Å²) in [5, 5.41) is 31.1. The normalized spacial score (nSPS) is 27.6. The van der Waals surface area contributed by atoms with Crippen molar-refractivity contribution >= 4 is 11.6 Å². The zero-order valence-electron chi connectivity index (χ0n) is 15.7. The van der Waals surface area contributed by atoms with Gasteiger partial charge in [0.25, 0.3) is 0 Å². The first-order valence-electron chi connectivity index (χ1n) is 9.34. The number of aliphatic hydroxyl groups excluding tert-OH is 3. The number of rotatable bonds is 6. The van der Waals surface area contributed by atoms with Crippen LogP contribution in [-0.2, 0) is 11.2 Å². The van der Waals surface area contributed by atoms with Gasteiger partial charge in [0, 0.05) is 11.6 Å². The molecule has 5 atom stereocenters. The highest BCUT2D eigenvalue weighted by atomic mass is 35.5. The first kappa shape index (κ1) is 21.0. The van der Waals surface area contributed by atoms with Crippen molar-refractivity contribution in [2.24, 2.45) is 5.73 Å². The molecule has 1 aliphatic heterocycles. The third kappa shape index (κ3) is 4.49. The van der Waals surface area contributed by atoms with E-state index < -0.39 is 30.5 Å². The fourth-order valence-electron chi connectivity index (χ4n) is 3.42. The van der Waals surface area contributed by atoms with Crippen LogP contribution in [0.25, 0.3) is 0 Å². The Morgan fingerprint density at radius 3 is 2.39 bits per heavy atom. The van der Waals surface area contributed by atoms with Crippen LogP contribution < -0.4 is 10.5 Å². The molecule has 6 nitrogen and oxygen atoms in total. The second-order valence-electron chi connectivity index (χ2n) is 6.91. The van der Waals surface area contributed by atoms with Crippen molar-refractivity contribution in [3.63, 3.8) is 0 Å². The molecule has 0 radical (unpaired) electrons. The number of nitrogens with two attached hydrogens (primary N) is 1. The zero-order valence-corrected chi connectivity index (χ0v) is 16.4. The van der Waals surface area contributed by atoms with Gasteiger partial charge in [-0.05, 0) is 48.2 Å². The molecule has 1 heterocycles. The highest BCUT2D eigenvalue weighted by Gasteiger charge is 2.43. The van der Waals surface area contributed by atoms with Gasteiger partial charge in [0.05, 0.1) is 12.7 Å². The molecule has 2 aromatic rings. The van der Waals surface area contributed by atoms with Crippen molar-refractivity contribution in [1.82, 2.24) is 0 Å². The summed E-state index contributed by atoms with van der Waals surface area (Å²) >= 11 is 6.37. The molecule has 0 bridgehead atoms. The fraction of sp³-hybridized carbons (Fsp3) is 0.429. The van der Waals surface area contributed by atoms with Gasteiger partial charge in [-0.1, -0.05) is 35.9 Å². The highest BCUT2D eigenvalue weighted by molar-refractivity contribution is 6.31. The average molecular weight is 408 g/mol. The summed E-state index contributed by atoms with van der Waals surface area (Å²) in [5.41, 5.74) is 8.21. The summed E-state index contributed by atoms with van der Waals surface area (Å²) in [6, 6.07) is 13.1. The lowest BCUT2D eigenvalue weighted by Gasteiger charge is -2.40. The molecule has 1 saturated heterocycles. The Bertz CT molecular complexity index is 783. The second-order valence-corrected chi connectivity index (χ2v) is 7.31. The van der Waals surface area contributed by atoms with Crippen LogP contribution in [0.3, 0.4) is 0 Å². The predicted molar refractivity (Wildman–Crippen MR) is 107 cm³/mol. The van der Waals surface area contributed by atoms with Crippen LogP contribution in [0, 0.1) is 0 Å². The van der Waals surface area contributed by atoms with Crippen LogP contribution in [0.2, 0.25) is 5.02 Å². The van der Waals surface area contributed by atoms with E-state index in [4.69, 9.17) is 26.8 Å². The molecule has 5 N–H and O–H groups in total. The molecule has 0 amide bonds. The first-order valence-corrected chi connectivity index (χ1v) is 9.72. The quantitative estimate of drug-likeness (QED) is 0.582. The van der Waals surface area contributed by atoms with E-state index in [-0.39, 0.29) is 6.54 Å². The maximum absolute atomic E-state index is 10.4. The molecule has 152 valence electrons. The standard InChI is InChI=1S/C21H26ClNO5/c1-2-27-15-6-3-12(4-7-15)9-14-10-13(5-8-16(14)22)21-20(26)19(25)18(24)17(11-23)28-21/h3-8,10,17-21,24-26H,2,9,11,23H2,1H3. The minimum absolute atomic E-state index is 0.0358. The minimum atomic E-state index is -1.34. The third-order valence-electron chi connectivity index (χ3n) is 4.97. The van der Waals surface area contributed by atoms with Gasteiger partial charge in [0.15, 0.2) is 0 Å². The molecule has 0 aliphatic carbocycles. The molecule has 1 fully saturated rings. The number of benzene rings is 2. The van der Waals surface area contributed by atoms with Crippen LogP contribution in [0.1, 0.15) is 29.7 Å². The molecule has 0 spiro atoms. The zero-order chi connectivity index (χ0) is 20.3. The summed E-state index contributed by atoms with van der Waals surface area (Å²) in [4.78, 5) is 0.